The topological polar surface area (TPSA) is 58.9 Å². The quantitative estimate of drug-likeness (QED) is 0.687. The van der Waals surface area contributed by atoms with Crippen LogP contribution in [0.5, 0.6) is 5.75 Å². The highest BCUT2D eigenvalue weighted by Gasteiger charge is 2.29. The summed E-state index contributed by atoms with van der Waals surface area (Å²) >= 11 is 0. The SMILES string of the molecule is O=C1C(=NO)Cc2c(OCc3ccccc3)cccc21. The first-order valence-electron chi connectivity index (χ1n) is 6.34. The molecule has 2 aromatic carbocycles. The molecule has 0 atom stereocenters. The van der Waals surface area contributed by atoms with Crippen LogP contribution in [-0.4, -0.2) is 16.7 Å². The van der Waals surface area contributed by atoms with Gasteiger partial charge in [-0.1, -0.05) is 47.6 Å². The largest absolute Gasteiger partial charge is 0.489 e. The highest BCUT2D eigenvalue weighted by Crippen LogP contribution is 2.30. The average Bonchev–Trinajstić information content (AvgIpc) is 2.83. The molecule has 0 unspecified atom stereocenters. The summed E-state index contributed by atoms with van der Waals surface area (Å²) in [6, 6.07) is 15.1. The summed E-state index contributed by atoms with van der Waals surface area (Å²) in [5, 5.41) is 11.9. The van der Waals surface area contributed by atoms with E-state index in [1.54, 1.807) is 12.1 Å². The lowest BCUT2D eigenvalue weighted by atomic mass is 10.1. The summed E-state index contributed by atoms with van der Waals surface area (Å²) in [5.41, 5.74) is 2.57. The first kappa shape index (κ1) is 12.4. The number of ether oxygens (including phenoxy) is 1. The maximum atomic E-state index is 11.9. The lowest BCUT2D eigenvalue weighted by Gasteiger charge is -2.09. The van der Waals surface area contributed by atoms with E-state index in [-0.39, 0.29) is 11.5 Å². The Morgan fingerprint density at radius 3 is 2.65 bits per heavy atom. The van der Waals surface area contributed by atoms with Gasteiger partial charge in [0.1, 0.15) is 18.1 Å². The van der Waals surface area contributed by atoms with Gasteiger partial charge in [-0.25, -0.2) is 0 Å². The second-order valence-electron chi connectivity index (χ2n) is 4.61. The van der Waals surface area contributed by atoms with E-state index in [0.29, 0.717) is 24.3 Å². The second kappa shape index (κ2) is 5.17. The van der Waals surface area contributed by atoms with Crippen LogP contribution in [-0.2, 0) is 13.0 Å². The minimum Gasteiger partial charge on any atom is -0.489 e. The summed E-state index contributed by atoms with van der Waals surface area (Å²) in [4.78, 5) is 11.9. The molecule has 0 heterocycles. The number of hydrogen-bond donors (Lipinski definition) is 1. The van der Waals surface area contributed by atoms with Crippen molar-refractivity contribution in [3.05, 3.63) is 65.2 Å². The van der Waals surface area contributed by atoms with E-state index in [0.717, 1.165) is 11.1 Å². The third kappa shape index (κ3) is 2.16. The average molecular weight is 267 g/mol. The Morgan fingerprint density at radius 2 is 1.90 bits per heavy atom. The molecule has 20 heavy (non-hydrogen) atoms. The van der Waals surface area contributed by atoms with Gasteiger partial charge >= 0.3 is 0 Å². The van der Waals surface area contributed by atoms with Gasteiger partial charge in [-0.2, -0.15) is 0 Å². The van der Waals surface area contributed by atoms with Crippen LogP contribution < -0.4 is 4.74 Å². The monoisotopic (exact) mass is 267 g/mol. The van der Waals surface area contributed by atoms with E-state index in [4.69, 9.17) is 9.94 Å². The lowest BCUT2D eigenvalue weighted by molar-refractivity contribution is 0.106. The van der Waals surface area contributed by atoms with Crippen molar-refractivity contribution in [1.82, 2.24) is 0 Å². The molecule has 0 saturated heterocycles. The third-order valence-electron chi connectivity index (χ3n) is 3.34. The highest BCUT2D eigenvalue weighted by atomic mass is 16.5. The smallest absolute Gasteiger partial charge is 0.211 e. The number of Topliss-reactive ketones (excluding diaryl/α,β-unsaturated/α-hetero) is 1. The van der Waals surface area contributed by atoms with Crippen molar-refractivity contribution in [2.75, 3.05) is 0 Å². The number of oxime groups is 1. The molecule has 0 aliphatic heterocycles. The van der Waals surface area contributed by atoms with Crippen molar-refractivity contribution in [3.8, 4) is 5.75 Å². The van der Waals surface area contributed by atoms with Gasteiger partial charge in [-0.3, -0.25) is 4.79 Å². The van der Waals surface area contributed by atoms with Crippen LogP contribution in [0.2, 0.25) is 0 Å². The molecule has 0 aromatic heterocycles. The zero-order valence-electron chi connectivity index (χ0n) is 10.7. The van der Waals surface area contributed by atoms with Crippen LogP contribution >= 0.6 is 0 Å². The molecule has 0 fully saturated rings. The Kier molecular flexibility index (Phi) is 3.21. The van der Waals surface area contributed by atoms with Crippen molar-refractivity contribution >= 4 is 11.5 Å². The fourth-order valence-corrected chi connectivity index (χ4v) is 2.32. The number of hydrogen-bond acceptors (Lipinski definition) is 4. The van der Waals surface area contributed by atoms with Gasteiger partial charge in [0.25, 0.3) is 0 Å². The number of fused-ring (bicyclic) bond motifs is 1. The zero-order chi connectivity index (χ0) is 13.9. The number of ketones is 1. The van der Waals surface area contributed by atoms with Crippen LogP contribution in [0, 0.1) is 0 Å². The summed E-state index contributed by atoms with van der Waals surface area (Å²) in [6.45, 7) is 0.442. The van der Waals surface area contributed by atoms with E-state index >= 15 is 0 Å². The van der Waals surface area contributed by atoms with Crippen molar-refractivity contribution in [3.63, 3.8) is 0 Å². The van der Waals surface area contributed by atoms with Gasteiger partial charge in [0.15, 0.2) is 0 Å². The molecule has 0 radical (unpaired) electrons. The number of carbonyl (C=O) groups is 1. The Morgan fingerprint density at radius 1 is 1.10 bits per heavy atom. The molecular weight excluding hydrogens is 254 g/mol. The molecule has 1 aliphatic carbocycles. The molecule has 4 nitrogen and oxygen atoms in total. The van der Waals surface area contributed by atoms with Crippen LogP contribution in [0.25, 0.3) is 0 Å². The number of carbonyl (C=O) groups excluding carboxylic acids is 1. The van der Waals surface area contributed by atoms with E-state index in [9.17, 15) is 4.79 Å². The molecule has 0 spiro atoms. The van der Waals surface area contributed by atoms with E-state index in [1.807, 2.05) is 36.4 Å². The molecule has 1 N–H and O–H groups in total. The van der Waals surface area contributed by atoms with Gasteiger partial charge < -0.3 is 9.94 Å². The molecule has 3 rings (SSSR count). The molecule has 100 valence electrons. The number of nitrogens with zero attached hydrogens (tertiary/aromatic N) is 1. The lowest BCUT2D eigenvalue weighted by Crippen LogP contribution is -2.06. The third-order valence-corrected chi connectivity index (χ3v) is 3.34. The van der Waals surface area contributed by atoms with Gasteiger partial charge in [-0.05, 0) is 11.6 Å². The number of benzene rings is 2. The fraction of sp³-hybridized carbons (Fsp3) is 0.125. The standard InChI is InChI=1S/C16H13NO3/c18-16-12-7-4-8-15(13(12)9-14(16)17-19)20-10-11-5-2-1-3-6-11/h1-8,19H,9-10H2. The molecule has 2 aromatic rings. The van der Waals surface area contributed by atoms with Gasteiger partial charge in [0.2, 0.25) is 5.78 Å². The van der Waals surface area contributed by atoms with Crippen molar-refractivity contribution in [2.45, 2.75) is 13.0 Å². The molecule has 4 heteroatoms. The minimum absolute atomic E-state index is 0.163. The minimum atomic E-state index is -0.229. The van der Waals surface area contributed by atoms with Crippen molar-refractivity contribution in [2.24, 2.45) is 5.16 Å². The van der Waals surface area contributed by atoms with Crippen LogP contribution in [0.4, 0.5) is 0 Å². The fourth-order valence-electron chi connectivity index (χ4n) is 2.32. The summed E-state index contributed by atoms with van der Waals surface area (Å²) in [7, 11) is 0. The first-order valence-corrected chi connectivity index (χ1v) is 6.34. The van der Waals surface area contributed by atoms with Crippen molar-refractivity contribution < 1.29 is 14.7 Å². The van der Waals surface area contributed by atoms with Crippen LogP contribution in [0.1, 0.15) is 21.5 Å². The first-order chi connectivity index (χ1) is 9.79. The predicted molar refractivity (Wildman–Crippen MR) is 74.5 cm³/mol. The summed E-state index contributed by atoms with van der Waals surface area (Å²) in [5.74, 6) is 0.436. The maximum absolute atomic E-state index is 11.9. The second-order valence-corrected chi connectivity index (χ2v) is 4.61. The van der Waals surface area contributed by atoms with E-state index < -0.39 is 0 Å². The Hall–Kier alpha value is -2.62. The van der Waals surface area contributed by atoms with E-state index in [1.165, 1.54) is 0 Å². The Balaban J connectivity index is 1.85. The summed E-state index contributed by atoms with van der Waals surface area (Å²) in [6.07, 6.45) is 0.315. The number of rotatable bonds is 3. The van der Waals surface area contributed by atoms with Gasteiger partial charge in [0.05, 0.1) is 0 Å². The summed E-state index contributed by atoms with van der Waals surface area (Å²) < 4.78 is 5.79. The Bertz CT molecular complexity index is 677. The van der Waals surface area contributed by atoms with Gasteiger partial charge in [-0.15, -0.1) is 0 Å². The molecule has 0 bridgehead atoms. The predicted octanol–water partition coefficient (Wildman–Crippen LogP) is 2.83. The maximum Gasteiger partial charge on any atom is 0.211 e. The molecule has 0 amide bonds. The van der Waals surface area contributed by atoms with E-state index in [2.05, 4.69) is 5.16 Å². The van der Waals surface area contributed by atoms with Crippen LogP contribution in [0.3, 0.4) is 0 Å². The normalized spacial score (nSPS) is 15.4. The highest BCUT2D eigenvalue weighted by molar-refractivity contribution is 6.49. The Labute approximate surface area is 116 Å². The molecular formula is C16H13NO3. The molecule has 1 aliphatic rings. The van der Waals surface area contributed by atoms with Crippen LogP contribution in [0.15, 0.2) is 53.7 Å². The molecule has 0 saturated carbocycles. The van der Waals surface area contributed by atoms with Crippen molar-refractivity contribution in [1.29, 1.82) is 0 Å². The zero-order valence-corrected chi connectivity index (χ0v) is 10.7. The van der Waals surface area contributed by atoms with Gasteiger partial charge in [0, 0.05) is 17.5 Å².